The third-order valence-electron chi connectivity index (χ3n) is 2.85. The lowest BCUT2D eigenvalue weighted by Gasteiger charge is -2.22. The largest absolute Gasteiger partial charge is 0.399 e. The molecule has 0 heterocycles. The molecule has 0 aliphatic heterocycles. The number of carbonyl (C=O) groups is 1. The van der Waals surface area contributed by atoms with E-state index in [2.05, 4.69) is 22.6 Å². The first kappa shape index (κ1) is 13.9. The number of rotatable bonds is 3. The summed E-state index contributed by atoms with van der Waals surface area (Å²) in [5.41, 5.74) is 7.98. The summed E-state index contributed by atoms with van der Waals surface area (Å²) in [6.45, 7) is 2.56. The van der Waals surface area contributed by atoms with Crippen LogP contribution in [-0.4, -0.2) is 12.5 Å². The molecule has 2 aromatic carbocycles. The lowest BCUT2D eigenvalue weighted by Crippen LogP contribution is -2.31. The van der Waals surface area contributed by atoms with E-state index >= 15 is 0 Å². The SMILES string of the molecule is CCN(C(=O)c1ccccc1I)c1cccc(N)c1. The predicted octanol–water partition coefficient (Wildman–Crippen LogP) is 3.54. The number of amides is 1. The van der Waals surface area contributed by atoms with Gasteiger partial charge in [-0.2, -0.15) is 0 Å². The highest BCUT2D eigenvalue weighted by molar-refractivity contribution is 14.1. The zero-order chi connectivity index (χ0) is 13.8. The predicted molar refractivity (Wildman–Crippen MR) is 87.4 cm³/mol. The molecule has 1 amide bonds. The van der Waals surface area contributed by atoms with Crippen molar-refractivity contribution in [3.05, 3.63) is 57.7 Å². The minimum atomic E-state index is -0.00176. The molecule has 0 unspecified atom stereocenters. The number of hydrogen-bond donors (Lipinski definition) is 1. The minimum absolute atomic E-state index is 0.00176. The van der Waals surface area contributed by atoms with Crippen LogP contribution in [0.1, 0.15) is 17.3 Å². The monoisotopic (exact) mass is 366 g/mol. The fourth-order valence-corrected chi connectivity index (χ4v) is 2.53. The van der Waals surface area contributed by atoms with Crippen LogP contribution in [0.5, 0.6) is 0 Å². The van der Waals surface area contributed by atoms with Crippen molar-refractivity contribution in [2.24, 2.45) is 0 Å². The van der Waals surface area contributed by atoms with E-state index in [-0.39, 0.29) is 5.91 Å². The summed E-state index contributed by atoms with van der Waals surface area (Å²) in [5.74, 6) is -0.00176. The van der Waals surface area contributed by atoms with Gasteiger partial charge in [0.15, 0.2) is 0 Å². The molecule has 3 nitrogen and oxygen atoms in total. The molecule has 0 saturated carbocycles. The number of hydrogen-bond acceptors (Lipinski definition) is 2. The highest BCUT2D eigenvalue weighted by Crippen LogP contribution is 2.21. The Labute approximate surface area is 126 Å². The average molecular weight is 366 g/mol. The van der Waals surface area contributed by atoms with E-state index in [9.17, 15) is 4.79 Å². The summed E-state index contributed by atoms with van der Waals surface area (Å²) in [4.78, 5) is 14.3. The first-order chi connectivity index (χ1) is 9.13. The molecule has 2 aromatic rings. The molecule has 0 spiro atoms. The Balaban J connectivity index is 2.38. The molecule has 2 N–H and O–H groups in total. The van der Waals surface area contributed by atoms with Crippen molar-refractivity contribution in [1.82, 2.24) is 0 Å². The van der Waals surface area contributed by atoms with Crippen molar-refractivity contribution in [3.8, 4) is 0 Å². The normalized spacial score (nSPS) is 10.2. The van der Waals surface area contributed by atoms with Gasteiger partial charge in [0.05, 0.1) is 5.56 Å². The van der Waals surface area contributed by atoms with Crippen molar-refractivity contribution in [1.29, 1.82) is 0 Å². The molecule has 0 atom stereocenters. The Morgan fingerprint density at radius 3 is 2.58 bits per heavy atom. The molecule has 0 aliphatic carbocycles. The van der Waals surface area contributed by atoms with Gasteiger partial charge in [0.25, 0.3) is 5.91 Å². The van der Waals surface area contributed by atoms with Gasteiger partial charge >= 0.3 is 0 Å². The van der Waals surface area contributed by atoms with Crippen LogP contribution in [0.3, 0.4) is 0 Å². The summed E-state index contributed by atoms with van der Waals surface area (Å²) in [6.07, 6.45) is 0. The van der Waals surface area contributed by atoms with Crippen molar-refractivity contribution < 1.29 is 4.79 Å². The zero-order valence-electron chi connectivity index (χ0n) is 10.6. The first-order valence-corrected chi connectivity index (χ1v) is 7.13. The van der Waals surface area contributed by atoms with E-state index < -0.39 is 0 Å². The van der Waals surface area contributed by atoms with E-state index in [4.69, 9.17) is 5.73 Å². The molecule has 2 rings (SSSR count). The maximum atomic E-state index is 12.6. The molecule has 4 heteroatoms. The minimum Gasteiger partial charge on any atom is -0.399 e. The third-order valence-corrected chi connectivity index (χ3v) is 3.79. The van der Waals surface area contributed by atoms with Crippen molar-refractivity contribution in [2.75, 3.05) is 17.2 Å². The summed E-state index contributed by atoms with van der Waals surface area (Å²) in [5, 5.41) is 0. The molecule has 0 aliphatic rings. The van der Waals surface area contributed by atoms with Gasteiger partial charge in [-0.25, -0.2) is 0 Å². The molecule has 19 heavy (non-hydrogen) atoms. The van der Waals surface area contributed by atoms with Gasteiger partial charge in [0.1, 0.15) is 0 Å². The fourth-order valence-electron chi connectivity index (χ4n) is 1.92. The molecule has 0 radical (unpaired) electrons. The summed E-state index contributed by atoms with van der Waals surface area (Å²) >= 11 is 2.18. The van der Waals surface area contributed by atoms with Gasteiger partial charge in [-0.1, -0.05) is 18.2 Å². The Morgan fingerprint density at radius 2 is 1.95 bits per heavy atom. The molecule has 0 saturated heterocycles. The van der Waals surface area contributed by atoms with Crippen molar-refractivity contribution in [3.63, 3.8) is 0 Å². The highest BCUT2D eigenvalue weighted by atomic mass is 127. The van der Waals surface area contributed by atoms with Crippen molar-refractivity contribution in [2.45, 2.75) is 6.92 Å². The fraction of sp³-hybridized carbons (Fsp3) is 0.133. The first-order valence-electron chi connectivity index (χ1n) is 6.05. The van der Waals surface area contributed by atoms with Gasteiger partial charge in [0, 0.05) is 21.5 Å². The van der Waals surface area contributed by atoms with Gasteiger partial charge in [-0.05, 0) is 59.8 Å². The van der Waals surface area contributed by atoms with Crippen LogP contribution in [0.4, 0.5) is 11.4 Å². The molecule has 0 fully saturated rings. The summed E-state index contributed by atoms with van der Waals surface area (Å²) < 4.78 is 0.951. The lowest BCUT2D eigenvalue weighted by atomic mass is 10.1. The van der Waals surface area contributed by atoms with Crippen LogP contribution in [0, 0.1) is 3.57 Å². The number of nitrogen functional groups attached to an aromatic ring is 1. The highest BCUT2D eigenvalue weighted by Gasteiger charge is 2.18. The zero-order valence-corrected chi connectivity index (χ0v) is 12.8. The van der Waals surface area contributed by atoms with E-state index in [0.717, 1.165) is 9.26 Å². The van der Waals surface area contributed by atoms with Crippen LogP contribution in [-0.2, 0) is 0 Å². The van der Waals surface area contributed by atoms with Crippen LogP contribution in [0.2, 0.25) is 0 Å². The number of benzene rings is 2. The quantitative estimate of drug-likeness (QED) is 0.667. The number of carbonyl (C=O) groups excluding carboxylic acids is 1. The molecular weight excluding hydrogens is 351 g/mol. The average Bonchev–Trinajstić information content (AvgIpc) is 2.40. The van der Waals surface area contributed by atoms with Gasteiger partial charge in [0.2, 0.25) is 0 Å². The number of nitrogens with zero attached hydrogens (tertiary/aromatic N) is 1. The summed E-state index contributed by atoms with van der Waals surface area (Å²) in [6, 6.07) is 15.0. The molecular formula is C15H15IN2O. The Bertz CT molecular complexity index is 598. The standard InChI is InChI=1S/C15H15IN2O/c1-2-18(12-7-5-6-11(17)10-12)15(19)13-8-3-4-9-14(13)16/h3-10H,2,17H2,1H3. The Kier molecular flexibility index (Phi) is 4.42. The van der Waals surface area contributed by atoms with Crippen LogP contribution in [0.25, 0.3) is 0 Å². The van der Waals surface area contributed by atoms with E-state index in [1.54, 1.807) is 4.90 Å². The topological polar surface area (TPSA) is 46.3 Å². The van der Waals surface area contributed by atoms with Crippen molar-refractivity contribution >= 4 is 39.9 Å². The smallest absolute Gasteiger partial charge is 0.259 e. The Morgan fingerprint density at radius 1 is 1.21 bits per heavy atom. The third kappa shape index (κ3) is 3.07. The second-order valence-corrected chi connectivity index (χ2v) is 5.29. The van der Waals surface area contributed by atoms with Gasteiger partial charge in [-0.3, -0.25) is 4.79 Å². The number of nitrogens with two attached hydrogens (primary N) is 1. The lowest BCUT2D eigenvalue weighted by molar-refractivity contribution is 0.0987. The molecule has 98 valence electrons. The van der Waals surface area contributed by atoms with E-state index in [1.807, 2.05) is 55.5 Å². The second-order valence-electron chi connectivity index (χ2n) is 4.12. The number of halogens is 1. The van der Waals surface area contributed by atoms with E-state index in [0.29, 0.717) is 17.8 Å². The Hall–Kier alpha value is -1.56. The molecule has 0 bridgehead atoms. The van der Waals surface area contributed by atoms with E-state index in [1.165, 1.54) is 0 Å². The van der Waals surface area contributed by atoms with Crippen LogP contribution in [0.15, 0.2) is 48.5 Å². The maximum absolute atomic E-state index is 12.6. The second kappa shape index (κ2) is 6.06. The van der Waals surface area contributed by atoms with Crippen LogP contribution < -0.4 is 10.6 Å². The van der Waals surface area contributed by atoms with Gasteiger partial charge < -0.3 is 10.6 Å². The maximum Gasteiger partial charge on any atom is 0.259 e. The number of anilines is 2. The van der Waals surface area contributed by atoms with Crippen LogP contribution >= 0.6 is 22.6 Å². The molecule has 0 aromatic heterocycles. The van der Waals surface area contributed by atoms with Gasteiger partial charge in [-0.15, -0.1) is 0 Å². The summed E-state index contributed by atoms with van der Waals surface area (Å²) in [7, 11) is 0.